The Labute approximate surface area is 195 Å². The summed E-state index contributed by atoms with van der Waals surface area (Å²) in [4.78, 5) is 26.5. The number of benzene rings is 1. The lowest BCUT2D eigenvalue weighted by molar-refractivity contribution is -0.149. The van der Waals surface area contributed by atoms with Gasteiger partial charge in [-0.05, 0) is 81.5 Å². The molecule has 0 unspecified atom stereocenters. The van der Waals surface area contributed by atoms with Crippen molar-refractivity contribution in [2.45, 2.75) is 40.5 Å². The molecule has 0 saturated carbocycles. The van der Waals surface area contributed by atoms with E-state index in [1.165, 1.54) is 6.08 Å². The molecule has 33 heavy (non-hydrogen) atoms. The van der Waals surface area contributed by atoms with Gasteiger partial charge in [-0.25, -0.2) is 4.79 Å². The Bertz CT molecular complexity index is 1070. The fourth-order valence-electron chi connectivity index (χ4n) is 4.04. The molecule has 0 atom stereocenters. The highest BCUT2D eigenvalue weighted by atomic mass is 16.5. The van der Waals surface area contributed by atoms with Crippen LogP contribution in [-0.2, 0) is 14.3 Å². The molecular weight excluding hydrogens is 418 g/mol. The number of hydrogen-bond acceptors (Lipinski definition) is 5. The molecular formula is C26H31N3O4. The smallest absolute Gasteiger partial charge is 0.349 e. The number of hydrogen-bond donors (Lipinski definition) is 0. The first kappa shape index (κ1) is 24.1. The van der Waals surface area contributed by atoms with E-state index in [0.717, 1.165) is 41.2 Å². The molecule has 1 saturated heterocycles. The van der Waals surface area contributed by atoms with Gasteiger partial charge in [-0.1, -0.05) is 6.92 Å². The monoisotopic (exact) mass is 449 g/mol. The van der Waals surface area contributed by atoms with Crippen molar-refractivity contribution in [2.75, 3.05) is 26.3 Å². The minimum absolute atomic E-state index is 0.137. The maximum Gasteiger partial charge on any atom is 0.349 e. The first-order valence-corrected chi connectivity index (χ1v) is 11.3. The molecule has 7 heteroatoms. The first-order valence-electron chi connectivity index (χ1n) is 11.3. The predicted octanol–water partition coefficient (Wildman–Crippen LogP) is 4.20. The number of aromatic nitrogens is 1. The highest BCUT2D eigenvalue weighted by Gasteiger charge is 2.22. The molecule has 1 aromatic heterocycles. The summed E-state index contributed by atoms with van der Waals surface area (Å²) in [6.45, 7) is 9.60. The number of amides is 1. The van der Waals surface area contributed by atoms with Crippen molar-refractivity contribution in [3.63, 3.8) is 0 Å². The van der Waals surface area contributed by atoms with E-state index in [1.807, 2.05) is 61.7 Å². The van der Waals surface area contributed by atoms with Crippen molar-refractivity contribution in [1.82, 2.24) is 9.47 Å². The summed E-state index contributed by atoms with van der Waals surface area (Å²) >= 11 is 0. The molecule has 2 heterocycles. The summed E-state index contributed by atoms with van der Waals surface area (Å²) < 4.78 is 12.7. The molecule has 1 amide bonds. The summed E-state index contributed by atoms with van der Waals surface area (Å²) in [7, 11) is 0. The van der Waals surface area contributed by atoms with E-state index < -0.39 is 5.97 Å². The fraction of sp³-hybridized carbons (Fsp3) is 0.423. The Morgan fingerprint density at radius 3 is 2.45 bits per heavy atom. The van der Waals surface area contributed by atoms with Crippen molar-refractivity contribution in [3.8, 4) is 17.5 Å². The van der Waals surface area contributed by atoms with Gasteiger partial charge in [0.15, 0.2) is 6.61 Å². The van der Waals surface area contributed by atoms with Gasteiger partial charge in [0.05, 0.1) is 6.61 Å². The van der Waals surface area contributed by atoms with Crippen LogP contribution in [0.4, 0.5) is 0 Å². The highest BCUT2D eigenvalue weighted by molar-refractivity contribution is 5.99. The average Bonchev–Trinajstić information content (AvgIpc) is 3.09. The van der Waals surface area contributed by atoms with Crippen LogP contribution in [0.15, 0.2) is 35.9 Å². The SMILES string of the molecule is CCOc1ccc(-n2c(C)cc(/C=C(\C#N)C(=O)OCC(=O)N3CCC(C)CC3)c2C)cc1. The molecule has 1 fully saturated rings. The number of carbonyl (C=O) groups is 2. The number of rotatable bonds is 7. The van der Waals surface area contributed by atoms with Crippen LogP contribution < -0.4 is 4.74 Å². The molecule has 3 rings (SSSR count). The number of nitrogens with zero attached hydrogens (tertiary/aromatic N) is 3. The third kappa shape index (κ3) is 5.83. The number of ether oxygens (including phenoxy) is 2. The van der Waals surface area contributed by atoms with Crippen LogP contribution in [0.1, 0.15) is 43.6 Å². The van der Waals surface area contributed by atoms with E-state index in [0.29, 0.717) is 25.6 Å². The second kappa shape index (κ2) is 10.9. The van der Waals surface area contributed by atoms with Gasteiger partial charge in [0.2, 0.25) is 0 Å². The lowest BCUT2D eigenvalue weighted by atomic mass is 9.99. The number of piperidine rings is 1. The Morgan fingerprint density at radius 1 is 1.18 bits per heavy atom. The minimum atomic E-state index is -0.790. The number of aryl methyl sites for hydroxylation is 1. The van der Waals surface area contributed by atoms with Crippen LogP contribution in [0.3, 0.4) is 0 Å². The van der Waals surface area contributed by atoms with Crippen LogP contribution >= 0.6 is 0 Å². The Kier molecular flexibility index (Phi) is 7.94. The molecule has 1 aliphatic heterocycles. The zero-order valence-corrected chi connectivity index (χ0v) is 19.8. The van der Waals surface area contributed by atoms with Gasteiger partial charge in [0.1, 0.15) is 17.4 Å². The van der Waals surface area contributed by atoms with Crippen molar-refractivity contribution in [3.05, 3.63) is 52.9 Å². The van der Waals surface area contributed by atoms with Crippen LogP contribution in [0, 0.1) is 31.1 Å². The summed E-state index contributed by atoms with van der Waals surface area (Å²) in [6.07, 6.45) is 3.42. The second-order valence-corrected chi connectivity index (χ2v) is 8.40. The van der Waals surface area contributed by atoms with Gasteiger partial charge >= 0.3 is 5.97 Å². The summed E-state index contributed by atoms with van der Waals surface area (Å²) in [5.41, 5.74) is 3.41. The van der Waals surface area contributed by atoms with E-state index in [2.05, 4.69) is 6.92 Å². The number of carbonyl (C=O) groups excluding carboxylic acids is 2. The topological polar surface area (TPSA) is 84.6 Å². The summed E-state index contributed by atoms with van der Waals surface area (Å²) in [5, 5.41) is 9.53. The van der Waals surface area contributed by atoms with Crippen LogP contribution in [0.25, 0.3) is 11.8 Å². The van der Waals surface area contributed by atoms with E-state index in [4.69, 9.17) is 9.47 Å². The standard InChI is InChI=1S/C26H31N3O4/c1-5-32-24-8-6-23(7-9-24)29-19(3)14-21(20(29)4)15-22(16-27)26(31)33-17-25(30)28-12-10-18(2)11-13-28/h6-9,14-15,18H,5,10-13,17H2,1-4H3/b22-15+. The van der Waals surface area contributed by atoms with Crippen molar-refractivity contribution >= 4 is 18.0 Å². The molecule has 0 bridgehead atoms. The average molecular weight is 450 g/mol. The third-order valence-corrected chi connectivity index (χ3v) is 5.98. The van der Waals surface area contributed by atoms with Crippen molar-refractivity contribution < 1.29 is 19.1 Å². The van der Waals surface area contributed by atoms with Crippen molar-refractivity contribution in [1.29, 1.82) is 5.26 Å². The molecule has 1 aliphatic rings. The second-order valence-electron chi connectivity index (χ2n) is 8.40. The zero-order chi connectivity index (χ0) is 24.0. The predicted molar refractivity (Wildman–Crippen MR) is 126 cm³/mol. The van der Waals surface area contributed by atoms with Gasteiger partial charge in [-0.15, -0.1) is 0 Å². The molecule has 2 aromatic rings. The molecule has 0 radical (unpaired) electrons. The minimum Gasteiger partial charge on any atom is -0.494 e. The maximum atomic E-state index is 12.5. The molecule has 174 valence electrons. The molecule has 0 aliphatic carbocycles. The third-order valence-electron chi connectivity index (χ3n) is 5.98. The lowest BCUT2D eigenvalue weighted by Crippen LogP contribution is -2.40. The Hall–Kier alpha value is -3.53. The van der Waals surface area contributed by atoms with E-state index in [1.54, 1.807) is 4.90 Å². The van der Waals surface area contributed by atoms with Gasteiger partial charge in [0.25, 0.3) is 5.91 Å². The van der Waals surface area contributed by atoms with Crippen molar-refractivity contribution in [2.24, 2.45) is 5.92 Å². The van der Waals surface area contributed by atoms with Gasteiger partial charge in [-0.2, -0.15) is 5.26 Å². The molecule has 0 spiro atoms. The summed E-state index contributed by atoms with van der Waals surface area (Å²) in [5.74, 6) is 0.390. The molecule has 0 N–H and O–H groups in total. The van der Waals surface area contributed by atoms with Crippen LogP contribution in [-0.4, -0.2) is 47.6 Å². The first-order chi connectivity index (χ1) is 15.8. The van der Waals surface area contributed by atoms with E-state index >= 15 is 0 Å². The number of nitriles is 1. The normalized spacial score (nSPS) is 14.6. The Balaban J connectivity index is 1.71. The van der Waals surface area contributed by atoms with E-state index in [9.17, 15) is 14.9 Å². The fourth-order valence-corrected chi connectivity index (χ4v) is 4.04. The zero-order valence-electron chi connectivity index (χ0n) is 19.8. The Morgan fingerprint density at radius 2 is 1.85 bits per heavy atom. The molecule has 1 aromatic carbocycles. The largest absolute Gasteiger partial charge is 0.494 e. The molecule has 7 nitrogen and oxygen atoms in total. The highest BCUT2D eigenvalue weighted by Crippen LogP contribution is 2.24. The maximum absolute atomic E-state index is 12.5. The quantitative estimate of drug-likeness (QED) is 0.359. The van der Waals surface area contributed by atoms with Gasteiger partial charge < -0.3 is 18.9 Å². The number of likely N-dealkylation sites (tertiary alicyclic amines) is 1. The van der Waals surface area contributed by atoms with Crippen LogP contribution in [0.2, 0.25) is 0 Å². The van der Waals surface area contributed by atoms with Crippen LogP contribution in [0.5, 0.6) is 5.75 Å². The van der Waals surface area contributed by atoms with E-state index in [-0.39, 0.29) is 18.1 Å². The number of esters is 1. The van der Waals surface area contributed by atoms with Gasteiger partial charge in [0, 0.05) is 30.2 Å². The lowest BCUT2D eigenvalue weighted by Gasteiger charge is -2.30. The van der Waals surface area contributed by atoms with Gasteiger partial charge in [-0.3, -0.25) is 4.79 Å². The summed E-state index contributed by atoms with van der Waals surface area (Å²) in [6, 6.07) is 11.6.